The fourth-order valence-corrected chi connectivity index (χ4v) is 5.51. The summed E-state index contributed by atoms with van der Waals surface area (Å²) in [6, 6.07) is 15.3. The molecule has 1 amide bonds. The van der Waals surface area contributed by atoms with Crippen LogP contribution in [0.25, 0.3) is 10.9 Å². The number of nitrogens with zero attached hydrogens (tertiary/aromatic N) is 2. The van der Waals surface area contributed by atoms with Crippen LogP contribution >= 0.6 is 0 Å². The lowest BCUT2D eigenvalue weighted by Crippen LogP contribution is -2.41. The van der Waals surface area contributed by atoms with Crippen molar-refractivity contribution in [2.24, 2.45) is 5.92 Å². The van der Waals surface area contributed by atoms with Gasteiger partial charge in [0.25, 0.3) is 0 Å². The van der Waals surface area contributed by atoms with Gasteiger partial charge in [0.1, 0.15) is 0 Å². The van der Waals surface area contributed by atoms with Crippen LogP contribution in [-0.2, 0) is 19.6 Å². The first-order chi connectivity index (χ1) is 15.4. The number of carbonyl (C=O) groups is 2. The van der Waals surface area contributed by atoms with Crippen LogP contribution in [0.3, 0.4) is 0 Å². The maximum atomic E-state index is 13.1. The number of fused-ring (bicyclic) bond motifs is 1. The molecule has 4 rings (SSSR count). The van der Waals surface area contributed by atoms with Crippen molar-refractivity contribution in [3.8, 4) is 0 Å². The molecule has 166 valence electrons. The van der Waals surface area contributed by atoms with E-state index < -0.39 is 16.0 Å². The van der Waals surface area contributed by atoms with Gasteiger partial charge in [0.05, 0.1) is 23.1 Å². The highest BCUT2D eigenvalue weighted by molar-refractivity contribution is 7.89. The van der Waals surface area contributed by atoms with Gasteiger partial charge in [0, 0.05) is 36.3 Å². The Bertz CT molecular complexity index is 1270. The smallest absolute Gasteiger partial charge is 0.339 e. The minimum absolute atomic E-state index is 0.000612. The molecule has 0 bridgehead atoms. The summed E-state index contributed by atoms with van der Waals surface area (Å²) in [6.45, 7) is 0.384. The number of benzene rings is 2. The van der Waals surface area contributed by atoms with Crippen molar-refractivity contribution in [2.75, 3.05) is 25.5 Å². The van der Waals surface area contributed by atoms with E-state index in [1.807, 2.05) is 24.3 Å². The van der Waals surface area contributed by atoms with Gasteiger partial charge in [-0.3, -0.25) is 9.78 Å². The predicted molar refractivity (Wildman–Crippen MR) is 120 cm³/mol. The van der Waals surface area contributed by atoms with E-state index >= 15 is 0 Å². The number of rotatable bonds is 5. The van der Waals surface area contributed by atoms with Crippen LogP contribution in [0.1, 0.15) is 23.2 Å². The number of amides is 1. The summed E-state index contributed by atoms with van der Waals surface area (Å²) in [7, 11) is -2.68. The van der Waals surface area contributed by atoms with E-state index in [4.69, 9.17) is 4.74 Å². The largest absolute Gasteiger partial charge is 0.465 e. The molecule has 1 saturated heterocycles. The molecule has 8 nitrogen and oxygen atoms in total. The van der Waals surface area contributed by atoms with Crippen molar-refractivity contribution in [3.63, 3.8) is 0 Å². The molecule has 2 aromatic carbocycles. The van der Waals surface area contributed by atoms with Gasteiger partial charge in [-0.15, -0.1) is 0 Å². The summed E-state index contributed by atoms with van der Waals surface area (Å²) in [5.74, 6) is -1.15. The van der Waals surface area contributed by atoms with Gasteiger partial charge in [0.2, 0.25) is 15.9 Å². The number of esters is 1. The lowest BCUT2D eigenvalue weighted by atomic mass is 9.97. The van der Waals surface area contributed by atoms with Crippen molar-refractivity contribution < 1.29 is 22.7 Å². The molecule has 2 heterocycles. The standard InChI is InChI=1S/C23H23N3O5S/c1-31-23(28)19-6-2-3-7-21(19)32(29,30)26-13-10-16(11-14-26)22(27)25-18-8-9-20-17(15-18)5-4-12-24-20/h2-9,12,15-16H,10-11,13-14H2,1H3,(H,25,27). The maximum Gasteiger partial charge on any atom is 0.339 e. The molecule has 0 atom stereocenters. The fraction of sp³-hybridized carbons (Fsp3) is 0.261. The Balaban J connectivity index is 1.43. The minimum atomic E-state index is -3.89. The summed E-state index contributed by atoms with van der Waals surface area (Å²) in [6.07, 6.45) is 2.49. The Hall–Kier alpha value is -3.30. The van der Waals surface area contributed by atoms with Crippen LogP contribution in [0.2, 0.25) is 0 Å². The number of hydrogen-bond acceptors (Lipinski definition) is 6. The first-order valence-electron chi connectivity index (χ1n) is 10.2. The number of anilines is 1. The molecular formula is C23H23N3O5S. The van der Waals surface area contributed by atoms with E-state index in [9.17, 15) is 18.0 Å². The van der Waals surface area contributed by atoms with Crippen LogP contribution in [-0.4, -0.2) is 49.8 Å². The quantitative estimate of drug-likeness (QED) is 0.595. The summed E-state index contributed by atoms with van der Waals surface area (Å²) in [5, 5.41) is 3.85. The Morgan fingerprint density at radius 2 is 1.81 bits per heavy atom. The molecule has 0 saturated carbocycles. The summed E-state index contributed by atoms with van der Waals surface area (Å²) in [4.78, 5) is 28.9. The number of aromatic nitrogens is 1. The fourth-order valence-electron chi connectivity index (χ4n) is 3.87. The molecule has 3 aromatic rings. The summed E-state index contributed by atoms with van der Waals surface area (Å²) < 4.78 is 32.3. The molecule has 1 fully saturated rings. The van der Waals surface area contributed by atoms with Crippen molar-refractivity contribution in [3.05, 3.63) is 66.4 Å². The molecule has 32 heavy (non-hydrogen) atoms. The van der Waals surface area contributed by atoms with Crippen molar-refractivity contribution in [2.45, 2.75) is 17.7 Å². The normalized spacial score (nSPS) is 15.4. The number of hydrogen-bond donors (Lipinski definition) is 1. The highest BCUT2D eigenvalue weighted by atomic mass is 32.2. The average Bonchev–Trinajstić information content (AvgIpc) is 2.83. The van der Waals surface area contributed by atoms with Crippen molar-refractivity contribution in [1.82, 2.24) is 9.29 Å². The van der Waals surface area contributed by atoms with Gasteiger partial charge in [-0.2, -0.15) is 4.31 Å². The monoisotopic (exact) mass is 453 g/mol. The van der Waals surface area contributed by atoms with Crippen LogP contribution < -0.4 is 5.32 Å². The van der Waals surface area contributed by atoms with Crippen LogP contribution in [0.4, 0.5) is 5.69 Å². The molecule has 0 radical (unpaired) electrons. The molecule has 9 heteroatoms. The van der Waals surface area contributed by atoms with E-state index in [0.717, 1.165) is 10.9 Å². The van der Waals surface area contributed by atoms with Crippen LogP contribution in [0, 0.1) is 5.92 Å². The highest BCUT2D eigenvalue weighted by Gasteiger charge is 2.34. The zero-order chi connectivity index (χ0) is 22.7. The Morgan fingerprint density at radius 3 is 2.56 bits per heavy atom. The van der Waals surface area contributed by atoms with Gasteiger partial charge in [-0.1, -0.05) is 18.2 Å². The van der Waals surface area contributed by atoms with Gasteiger partial charge in [-0.25, -0.2) is 13.2 Å². The molecule has 1 aromatic heterocycles. The highest BCUT2D eigenvalue weighted by Crippen LogP contribution is 2.27. The zero-order valence-corrected chi connectivity index (χ0v) is 18.3. The van der Waals surface area contributed by atoms with Gasteiger partial charge >= 0.3 is 5.97 Å². The Kier molecular flexibility index (Phi) is 6.20. The van der Waals surface area contributed by atoms with E-state index in [2.05, 4.69) is 10.3 Å². The van der Waals surface area contributed by atoms with E-state index in [0.29, 0.717) is 18.5 Å². The first-order valence-corrected chi connectivity index (χ1v) is 11.7. The molecule has 1 aliphatic heterocycles. The topological polar surface area (TPSA) is 106 Å². The molecular weight excluding hydrogens is 430 g/mol. The number of pyridine rings is 1. The molecule has 1 N–H and O–H groups in total. The second-order valence-electron chi connectivity index (χ2n) is 7.57. The minimum Gasteiger partial charge on any atom is -0.465 e. The van der Waals surface area contributed by atoms with Gasteiger partial charge in [0.15, 0.2) is 0 Å². The third-order valence-corrected chi connectivity index (χ3v) is 7.56. The van der Waals surface area contributed by atoms with Crippen LogP contribution in [0.15, 0.2) is 65.7 Å². The SMILES string of the molecule is COC(=O)c1ccccc1S(=O)(=O)N1CCC(C(=O)Nc2ccc3ncccc3c2)CC1. The lowest BCUT2D eigenvalue weighted by Gasteiger charge is -2.31. The Morgan fingerprint density at radius 1 is 1.06 bits per heavy atom. The number of nitrogens with one attached hydrogen (secondary N) is 1. The molecule has 0 aliphatic carbocycles. The lowest BCUT2D eigenvalue weighted by molar-refractivity contribution is -0.120. The van der Waals surface area contributed by atoms with E-state index in [-0.39, 0.29) is 35.4 Å². The van der Waals surface area contributed by atoms with Crippen molar-refractivity contribution in [1.29, 1.82) is 0 Å². The molecule has 1 aliphatic rings. The van der Waals surface area contributed by atoms with Crippen LogP contribution in [0.5, 0.6) is 0 Å². The number of methoxy groups -OCH3 is 1. The second kappa shape index (κ2) is 9.05. The Labute approximate surface area is 186 Å². The van der Waals surface area contributed by atoms with Gasteiger partial charge in [-0.05, 0) is 49.2 Å². The average molecular weight is 454 g/mol. The first kappa shape index (κ1) is 21.9. The number of sulfonamides is 1. The number of piperidine rings is 1. The van der Waals surface area contributed by atoms with E-state index in [1.165, 1.54) is 23.5 Å². The predicted octanol–water partition coefficient (Wildman–Crippen LogP) is 3.06. The zero-order valence-electron chi connectivity index (χ0n) is 17.5. The third-order valence-electron chi connectivity index (χ3n) is 5.61. The molecule has 0 unspecified atom stereocenters. The third kappa shape index (κ3) is 4.35. The van der Waals surface area contributed by atoms with Gasteiger partial charge < -0.3 is 10.1 Å². The summed E-state index contributed by atoms with van der Waals surface area (Å²) in [5.41, 5.74) is 1.52. The van der Waals surface area contributed by atoms with Crippen molar-refractivity contribution >= 4 is 38.5 Å². The number of ether oxygens (including phenoxy) is 1. The van der Waals surface area contributed by atoms with E-state index in [1.54, 1.807) is 24.4 Å². The second-order valence-corrected chi connectivity index (χ2v) is 9.47. The maximum absolute atomic E-state index is 13.1. The molecule has 0 spiro atoms. The summed E-state index contributed by atoms with van der Waals surface area (Å²) >= 11 is 0. The number of carbonyl (C=O) groups excluding carboxylic acids is 2.